The van der Waals surface area contributed by atoms with Crippen molar-refractivity contribution in [2.75, 3.05) is 0 Å². The molecule has 0 saturated heterocycles. The first-order valence-electron chi connectivity index (χ1n) is 10.6. The molecule has 0 saturated carbocycles. The lowest BCUT2D eigenvalue weighted by molar-refractivity contribution is 0.0792. The van der Waals surface area contributed by atoms with E-state index in [1.54, 1.807) is 0 Å². The van der Waals surface area contributed by atoms with E-state index in [4.69, 9.17) is 0 Å². The van der Waals surface area contributed by atoms with Crippen molar-refractivity contribution in [1.82, 2.24) is 4.90 Å². The number of fused-ring (bicyclic) bond motifs is 1. The average molecular weight is 414 g/mol. The van der Waals surface area contributed by atoms with Crippen molar-refractivity contribution in [1.29, 1.82) is 0 Å². The van der Waals surface area contributed by atoms with Crippen molar-refractivity contribution in [3.8, 4) is 0 Å². The number of benzene rings is 3. The first-order valence-corrected chi connectivity index (χ1v) is 10.6. The van der Waals surface area contributed by atoms with Crippen LogP contribution in [0.2, 0.25) is 0 Å². The molecule has 158 valence electrons. The van der Waals surface area contributed by atoms with Gasteiger partial charge in [-0.3, -0.25) is 4.79 Å². The van der Waals surface area contributed by atoms with E-state index in [-0.39, 0.29) is 19.1 Å². The summed E-state index contributed by atoms with van der Waals surface area (Å²) in [4.78, 5) is 15.4. The zero-order chi connectivity index (χ0) is 21.8. The van der Waals surface area contributed by atoms with Gasteiger partial charge in [0.15, 0.2) is 0 Å². The second-order valence-electron chi connectivity index (χ2n) is 8.01. The van der Waals surface area contributed by atoms with Gasteiger partial charge < -0.3 is 15.1 Å². The Labute approximate surface area is 183 Å². The summed E-state index contributed by atoms with van der Waals surface area (Å²) in [5.41, 5.74) is 7.43. The summed E-state index contributed by atoms with van der Waals surface area (Å²) in [5, 5.41) is 19.3. The number of hydrogen-bond acceptors (Lipinski definition) is 3. The highest BCUT2D eigenvalue weighted by Gasteiger charge is 2.23. The van der Waals surface area contributed by atoms with Crippen LogP contribution in [-0.4, -0.2) is 21.0 Å². The molecule has 0 spiro atoms. The summed E-state index contributed by atoms with van der Waals surface area (Å²) in [5.74, 6) is -0.0205. The maximum Gasteiger partial charge on any atom is 0.258 e. The minimum atomic E-state index is -0.123. The number of nitrogens with zero attached hydrogens (tertiary/aromatic N) is 1. The van der Waals surface area contributed by atoms with Crippen LogP contribution in [-0.2, 0) is 26.2 Å². The summed E-state index contributed by atoms with van der Waals surface area (Å²) in [6.45, 7) is 2.29. The molecule has 1 aliphatic rings. The molecule has 2 N–H and O–H groups in total. The molecule has 0 aromatic heterocycles. The van der Waals surface area contributed by atoms with Crippen LogP contribution in [0.3, 0.4) is 0 Å². The molecule has 0 aliphatic heterocycles. The van der Waals surface area contributed by atoms with E-state index in [9.17, 15) is 15.0 Å². The van der Waals surface area contributed by atoms with Crippen LogP contribution < -0.4 is 0 Å². The van der Waals surface area contributed by atoms with Crippen LogP contribution in [0.15, 0.2) is 72.4 Å². The van der Waals surface area contributed by atoms with Gasteiger partial charge in [-0.1, -0.05) is 54.1 Å². The van der Waals surface area contributed by atoms with E-state index in [1.165, 1.54) is 0 Å². The smallest absolute Gasteiger partial charge is 0.258 e. The van der Waals surface area contributed by atoms with Crippen molar-refractivity contribution >= 4 is 12.0 Å². The maximum absolute atomic E-state index is 13.5. The Bertz CT molecular complexity index is 1100. The fourth-order valence-electron chi connectivity index (χ4n) is 4.05. The van der Waals surface area contributed by atoms with Gasteiger partial charge in [-0.25, -0.2) is 0 Å². The van der Waals surface area contributed by atoms with E-state index in [0.717, 1.165) is 51.9 Å². The summed E-state index contributed by atoms with van der Waals surface area (Å²) in [6, 6.07) is 21.6. The first kappa shape index (κ1) is 21.0. The number of carbonyl (C=O) groups excluding carboxylic acids is 1. The third-order valence-corrected chi connectivity index (χ3v) is 5.85. The Morgan fingerprint density at radius 3 is 2.26 bits per heavy atom. The fraction of sp³-hybridized carbons (Fsp3) is 0.222. The second kappa shape index (κ2) is 9.29. The number of aryl methyl sites for hydroxylation is 2. The Hall–Kier alpha value is -3.21. The van der Waals surface area contributed by atoms with Gasteiger partial charge in [0.05, 0.1) is 19.8 Å². The first-order chi connectivity index (χ1) is 15.1. The molecule has 4 nitrogen and oxygen atoms in total. The quantitative estimate of drug-likeness (QED) is 0.620. The minimum Gasteiger partial charge on any atom is -0.392 e. The topological polar surface area (TPSA) is 60.8 Å². The van der Waals surface area contributed by atoms with Gasteiger partial charge in [0.2, 0.25) is 0 Å². The third-order valence-electron chi connectivity index (χ3n) is 5.85. The maximum atomic E-state index is 13.5. The van der Waals surface area contributed by atoms with Gasteiger partial charge >= 0.3 is 0 Å². The van der Waals surface area contributed by atoms with E-state index in [2.05, 4.69) is 0 Å². The molecular weight excluding hydrogens is 386 g/mol. The highest BCUT2D eigenvalue weighted by Crippen LogP contribution is 2.30. The molecule has 0 atom stereocenters. The number of amides is 1. The van der Waals surface area contributed by atoms with E-state index in [0.29, 0.717) is 12.1 Å². The molecule has 4 rings (SSSR count). The van der Waals surface area contributed by atoms with Crippen LogP contribution in [0.25, 0.3) is 6.08 Å². The molecule has 0 fully saturated rings. The zero-order valence-electron chi connectivity index (χ0n) is 17.7. The molecule has 1 amide bonds. The number of rotatable bonds is 6. The molecule has 1 aliphatic carbocycles. The van der Waals surface area contributed by atoms with Gasteiger partial charge in [-0.15, -0.1) is 0 Å². The average Bonchev–Trinajstić information content (AvgIpc) is 2.82. The predicted octanol–water partition coefficient (Wildman–Crippen LogP) is 4.61. The lowest BCUT2D eigenvalue weighted by Gasteiger charge is -2.29. The van der Waals surface area contributed by atoms with Gasteiger partial charge in [0.25, 0.3) is 5.91 Å². The summed E-state index contributed by atoms with van der Waals surface area (Å²) >= 11 is 0. The Morgan fingerprint density at radius 1 is 0.903 bits per heavy atom. The van der Waals surface area contributed by atoms with Crippen LogP contribution >= 0.6 is 0 Å². The summed E-state index contributed by atoms with van der Waals surface area (Å²) in [7, 11) is 0. The van der Waals surface area contributed by atoms with Crippen LogP contribution in [0.5, 0.6) is 0 Å². The van der Waals surface area contributed by atoms with Crippen molar-refractivity contribution < 1.29 is 15.0 Å². The fourth-order valence-corrected chi connectivity index (χ4v) is 4.05. The standard InChI is InChI=1S/C27H27NO3/c1-19-7-9-21(10-8-19)27(31)28(16-20-5-3-2-4-6-20)26-12-11-22-13-24(17-29)25(18-30)14-23(22)15-26/h2-10,13-15,29-30H,11-12,16-18H2,1H3. The van der Waals surface area contributed by atoms with Gasteiger partial charge in [-0.2, -0.15) is 0 Å². The Balaban J connectivity index is 1.73. The highest BCUT2D eigenvalue weighted by atomic mass is 16.3. The van der Waals surface area contributed by atoms with Gasteiger partial charge in [-0.05, 0) is 71.9 Å². The molecule has 0 bridgehead atoms. The monoisotopic (exact) mass is 413 g/mol. The number of aliphatic hydroxyl groups excluding tert-OH is 2. The second-order valence-corrected chi connectivity index (χ2v) is 8.01. The van der Waals surface area contributed by atoms with Gasteiger partial charge in [0.1, 0.15) is 0 Å². The van der Waals surface area contributed by atoms with Crippen LogP contribution in [0, 0.1) is 6.92 Å². The van der Waals surface area contributed by atoms with Crippen molar-refractivity contribution in [2.24, 2.45) is 0 Å². The van der Waals surface area contributed by atoms with E-state index in [1.807, 2.05) is 84.6 Å². The molecule has 3 aromatic carbocycles. The molecule has 3 aromatic rings. The highest BCUT2D eigenvalue weighted by molar-refractivity contribution is 5.96. The number of aliphatic hydroxyl groups is 2. The van der Waals surface area contributed by atoms with Crippen molar-refractivity contribution in [3.05, 3.63) is 111 Å². The van der Waals surface area contributed by atoms with Gasteiger partial charge in [0, 0.05) is 11.3 Å². The van der Waals surface area contributed by atoms with Crippen molar-refractivity contribution in [2.45, 2.75) is 39.5 Å². The normalized spacial score (nSPS) is 12.8. The number of allylic oxidation sites excluding steroid dienone is 1. The Morgan fingerprint density at radius 2 is 1.58 bits per heavy atom. The third kappa shape index (κ3) is 4.61. The van der Waals surface area contributed by atoms with E-state index < -0.39 is 0 Å². The molecular formula is C27H27NO3. The lowest BCUT2D eigenvalue weighted by atomic mass is 9.90. The zero-order valence-corrected chi connectivity index (χ0v) is 17.7. The minimum absolute atomic E-state index is 0.0205. The lowest BCUT2D eigenvalue weighted by Crippen LogP contribution is -2.31. The molecule has 0 radical (unpaired) electrons. The Kier molecular flexibility index (Phi) is 6.31. The molecule has 0 heterocycles. The van der Waals surface area contributed by atoms with Crippen LogP contribution in [0.1, 0.15) is 50.2 Å². The predicted molar refractivity (Wildman–Crippen MR) is 122 cm³/mol. The molecule has 0 unspecified atom stereocenters. The SMILES string of the molecule is Cc1ccc(C(=O)N(Cc2ccccc2)C2=Cc3cc(CO)c(CO)cc3CC2)cc1. The molecule has 4 heteroatoms. The van der Waals surface area contributed by atoms with Crippen molar-refractivity contribution in [3.63, 3.8) is 0 Å². The number of carbonyl (C=O) groups is 1. The summed E-state index contributed by atoms with van der Waals surface area (Å²) < 4.78 is 0. The molecule has 31 heavy (non-hydrogen) atoms. The van der Waals surface area contributed by atoms with Crippen LogP contribution in [0.4, 0.5) is 0 Å². The summed E-state index contributed by atoms with van der Waals surface area (Å²) in [6.07, 6.45) is 3.57. The number of hydrogen-bond donors (Lipinski definition) is 2. The van der Waals surface area contributed by atoms with E-state index >= 15 is 0 Å². The largest absolute Gasteiger partial charge is 0.392 e.